The number of benzene rings is 2. The maximum atomic E-state index is 13.3. The lowest BCUT2D eigenvalue weighted by Crippen LogP contribution is -2.41. The van der Waals surface area contributed by atoms with Crippen LogP contribution in [0.15, 0.2) is 46.9 Å². The number of piperidine rings is 1. The van der Waals surface area contributed by atoms with Crippen LogP contribution < -0.4 is 5.32 Å². The van der Waals surface area contributed by atoms with E-state index in [-0.39, 0.29) is 36.4 Å². The van der Waals surface area contributed by atoms with Gasteiger partial charge in [0.05, 0.1) is 5.75 Å². The summed E-state index contributed by atoms with van der Waals surface area (Å²) >= 11 is 3.33. The SMILES string of the molecule is O=C(Nc1ccc(F)c(F)c1)C1CCN(S(=O)(=O)Cc2cccc(Br)c2)CC1. The van der Waals surface area contributed by atoms with Crippen LogP contribution in [0.3, 0.4) is 0 Å². The van der Waals surface area contributed by atoms with Crippen LogP contribution in [-0.4, -0.2) is 31.7 Å². The van der Waals surface area contributed by atoms with Gasteiger partial charge in [0.1, 0.15) is 0 Å². The first-order valence-corrected chi connectivity index (χ1v) is 11.1. The molecule has 0 bridgehead atoms. The number of rotatable bonds is 5. The van der Waals surface area contributed by atoms with E-state index >= 15 is 0 Å². The average molecular weight is 473 g/mol. The minimum atomic E-state index is -3.48. The molecule has 1 N–H and O–H groups in total. The first-order valence-electron chi connectivity index (χ1n) is 8.73. The van der Waals surface area contributed by atoms with E-state index in [1.54, 1.807) is 18.2 Å². The summed E-state index contributed by atoms with van der Waals surface area (Å²) in [5.41, 5.74) is 0.862. The topological polar surface area (TPSA) is 66.5 Å². The molecule has 0 radical (unpaired) electrons. The molecule has 0 aliphatic carbocycles. The van der Waals surface area contributed by atoms with Crippen LogP contribution >= 0.6 is 15.9 Å². The van der Waals surface area contributed by atoms with Crippen LogP contribution in [0.4, 0.5) is 14.5 Å². The van der Waals surface area contributed by atoms with Gasteiger partial charge in [0.15, 0.2) is 11.6 Å². The fourth-order valence-electron chi connectivity index (χ4n) is 3.14. The Morgan fingerprint density at radius 2 is 1.82 bits per heavy atom. The molecular formula is C19H19BrF2N2O3S. The monoisotopic (exact) mass is 472 g/mol. The van der Waals surface area contributed by atoms with Gasteiger partial charge in [-0.1, -0.05) is 28.1 Å². The molecule has 1 aliphatic rings. The van der Waals surface area contributed by atoms with Gasteiger partial charge in [-0.05, 0) is 42.7 Å². The highest BCUT2D eigenvalue weighted by Crippen LogP contribution is 2.24. The number of sulfonamides is 1. The fourth-order valence-corrected chi connectivity index (χ4v) is 5.14. The van der Waals surface area contributed by atoms with Gasteiger partial charge >= 0.3 is 0 Å². The molecule has 0 atom stereocenters. The van der Waals surface area contributed by atoms with E-state index < -0.39 is 21.7 Å². The Bertz CT molecular complexity index is 977. The number of carbonyl (C=O) groups excluding carboxylic acids is 1. The maximum absolute atomic E-state index is 13.3. The molecule has 1 amide bonds. The van der Waals surface area contributed by atoms with Crippen LogP contribution in [0.1, 0.15) is 18.4 Å². The lowest BCUT2D eigenvalue weighted by atomic mass is 9.97. The third kappa shape index (κ3) is 5.15. The number of hydrogen-bond donors (Lipinski definition) is 1. The molecule has 9 heteroatoms. The number of anilines is 1. The van der Waals surface area contributed by atoms with E-state index in [0.717, 1.165) is 16.6 Å². The van der Waals surface area contributed by atoms with Crippen molar-refractivity contribution >= 4 is 37.5 Å². The number of carbonyl (C=O) groups is 1. The van der Waals surface area contributed by atoms with E-state index in [0.29, 0.717) is 18.4 Å². The minimum absolute atomic E-state index is 0.0990. The van der Waals surface area contributed by atoms with Crippen molar-refractivity contribution in [2.24, 2.45) is 5.92 Å². The lowest BCUT2D eigenvalue weighted by molar-refractivity contribution is -0.120. The van der Waals surface area contributed by atoms with Gasteiger partial charge in [-0.3, -0.25) is 4.79 Å². The second kappa shape index (κ2) is 8.67. The quantitative estimate of drug-likeness (QED) is 0.717. The normalized spacial score (nSPS) is 16.1. The van der Waals surface area contributed by atoms with Crippen molar-refractivity contribution in [3.63, 3.8) is 0 Å². The molecule has 2 aromatic carbocycles. The molecule has 150 valence electrons. The molecule has 3 rings (SSSR count). The molecule has 0 saturated carbocycles. The highest BCUT2D eigenvalue weighted by atomic mass is 79.9. The molecule has 5 nitrogen and oxygen atoms in total. The summed E-state index contributed by atoms with van der Waals surface area (Å²) in [6.45, 7) is 0.485. The van der Waals surface area contributed by atoms with Crippen LogP contribution in [0.25, 0.3) is 0 Å². The minimum Gasteiger partial charge on any atom is -0.326 e. The Labute approximate surface area is 170 Å². The summed E-state index contributed by atoms with van der Waals surface area (Å²) in [5, 5.41) is 2.56. The zero-order valence-electron chi connectivity index (χ0n) is 14.9. The van der Waals surface area contributed by atoms with Crippen molar-refractivity contribution in [2.45, 2.75) is 18.6 Å². The molecule has 0 aromatic heterocycles. The molecular weight excluding hydrogens is 454 g/mol. The summed E-state index contributed by atoms with van der Waals surface area (Å²) in [7, 11) is -3.48. The lowest BCUT2D eigenvalue weighted by Gasteiger charge is -2.30. The van der Waals surface area contributed by atoms with Gasteiger partial charge in [0, 0.05) is 35.2 Å². The van der Waals surface area contributed by atoms with Gasteiger partial charge in [-0.2, -0.15) is 0 Å². The highest BCUT2D eigenvalue weighted by molar-refractivity contribution is 9.10. The largest absolute Gasteiger partial charge is 0.326 e. The third-order valence-electron chi connectivity index (χ3n) is 4.64. The van der Waals surface area contributed by atoms with E-state index in [4.69, 9.17) is 0 Å². The first kappa shape index (κ1) is 20.9. The van der Waals surface area contributed by atoms with E-state index in [1.807, 2.05) is 6.07 Å². The predicted octanol–water partition coefficient (Wildman–Crippen LogP) is 3.91. The molecule has 1 heterocycles. The van der Waals surface area contributed by atoms with Gasteiger partial charge < -0.3 is 5.32 Å². The van der Waals surface area contributed by atoms with Crippen molar-refractivity contribution in [3.05, 3.63) is 64.1 Å². The standard InChI is InChI=1S/C19H19BrF2N2O3S/c20-15-3-1-2-13(10-15)12-28(26,27)24-8-6-14(7-9-24)19(25)23-16-4-5-17(21)18(22)11-16/h1-5,10-11,14H,6-9,12H2,(H,23,25). The summed E-state index contributed by atoms with van der Waals surface area (Å²) < 4.78 is 53.7. The van der Waals surface area contributed by atoms with Crippen LogP contribution in [-0.2, 0) is 20.6 Å². The predicted molar refractivity (Wildman–Crippen MR) is 106 cm³/mol. The summed E-state index contributed by atoms with van der Waals surface area (Å²) in [5.74, 6) is -2.83. The maximum Gasteiger partial charge on any atom is 0.227 e. The molecule has 28 heavy (non-hydrogen) atoms. The van der Waals surface area contributed by atoms with Crippen molar-refractivity contribution < 1.29 is 22.0 Å². The summed E-state index contributed by atoms with van der Waals surface area (Å²) in [6.07, 6.45) is 0.737. The highest BCUT2D eigenvalue weighted by Gasteiger charge is 2.31. The molecule has 1 fully saturated rings. The zero-order chi connectivity index (χ0) is 20.3. The van der Waals surface area contributed by atoms with Gasteiger partial charge in [-0.25, -0.2) is 21.5 Å². The van der Waals surface area contributed by atoms with Crippen molar-refractivity contribution in [3.8, 4) is 0 Å². The Kier molecular flexibility index (Phi) is 6.47. The van der Waals surface area contributed by atoms with Crippen LogP contribution in [0.2, 0.25) is 0 Å². The van der Waals surface area contributed by atoms with Gasteiger partial charge in [0.2, 0.25) is 15.9 Å². The number of hydrogen-bond acceptors (Lipinski definition) is 3. The Balaban J connectivity index is 1.57. The fraction of sp³-hybridized carbons (Fsp3) is 0.316. The number of halogens is 3. The van der Waals surface area contributed by atoms with E-state index in [9.17, 15) is 22.0 Å². The second-order valence-electron chi connectivity index (χ2n) is 6.68. The number of nitrogens with one attached hydrogen (secondary N) is 1. The molecule has 2 aromatic rings. The molecule has 0 spiro atoms. The Morgan fingerprint density at radius 3 is 2.46 bits per heavy atom. The summed E-state index contributed by atoms with van der Waals surface area (Å²) in [4.78, 5) is 12.3. The van der Waals surface area contributed by atoms with E-state index in [2.05, 4.69) is 21.2 Å². The first-order chi connectivity index (χ1) is 13.2. The van der Waals surface area contributed by atoms with Crippen molar-refractivity contribution in [1.82, 2.24) is 4.31 Å². The van der Waals surface area contributed by atoms with Crippen LogP contribution in [0, 0.1) is 17.6 Å². The molecule has 0 unspecified atom stereocenters. The zero-order valence-corrected chi connectivity index (χ0v) is 17.3. The number of amides is 1. The van der Waals surface area contributed by atoms with Crippen molar-refractivity contribution in [1.29, 1.82) is 0 Å². The smallest absolute Gasteiger partial charge is 0.227 e. The second-order valence-corrected chi connectivity index (χ2v) is 9.56. The molecule has 1 saturated heterocycles. The van der Waals surface area contributed by atoms with Gasteiger partial charge in [0.25, 0.3) is 0 Å². The Morgan fingerprint density at radius 1 is 1.11 bits per heavy atom. The van der Waals surface area contributed by atoms with Crippen LogP contribution in [0.5, 0.6) is 0 Å². The van der Waals surface area contributed by atoms with Gasteiger partial charge in [-0.15, -0.1) is 0 Å². The average Bonchev–Trinajstić information content (AvgIpc) is 2.64. The third-order valence-corrected chi connectivity index (χ3v) is 6.99. The number of nitrogens with zero attached hydrogens (tertiary/aromatic N) is 1. The Hall–Kier alpha value is -1.84. The summed E-state index contributed by atoms with van der Waals surface area (Å²) in [6, 6.07) is 10.3. The van der Waals surface area contributed by atoms with Crippen molar-refractivity contribution in [2.75, 3.05) is 18.4 Å². The van der Waals surface area contributed by atoms with E-state index in [1.165, 1.54) is 10.4 Å². The molecule has 1 aliphatic heterocycles.